The molecule has 0 fully saturated rings. The van der Waals surface area contributed by atoms with Gasteiger partial charge < -0.3 is 10.4 Å². The number of aromatic carboxylic acids is 1. The number of rotatable bonds is 6. The summed E-state index contributed by atoms with van der Waals surface area (Å²) in [5.74, 6) is -0.848. The summed E-state index contributed by atoms with van der Waals surface area (Å²) in [5, 5.41) is 22.8. The van der Waals surface area contributed by atoms with Gasteiger partial charge in [0.2, 0.25) is 5.82 Å². The second-order valence-corrected chi connectivity index (χ2v) is 4.56. The number of carbonyl (C=O) groups is 1. The molecule has 0 aromatic carbocycles. The summed E-state index contributed by atoms with van der Waals surface area (Å²) in [5.41, 5.74) is -0.520. The first-order valence-electron chi connectivity index (χ1n) is 6.01. The van der Waals surface area contributed by atoms with E-state index in [4.69, 9.17) is 5.11 Å². The van der Waals surface area contributed by atoms with Gasteiger partial charge in [0.25, 0.3) is 0 Å². The molecule has 1 aromatic rings. The van der Waals surface area contributed by atoms with Crippen molar-refractivity contribution in [1.82, 2.24) is 4.98 Å². The zero-order valence-electron chi connectivity index (χ0n) is 11.1. The number of carboxylic acid groups (broad SMARTS) is 1. The highest BCUT2D eigenvalue weighted by Gasteiger charge is 2.21. The summed E-state index contributed by atoms with van der Waals surface area (Å²) in [6.07, 6.45) is 1.90. The Morgan fingerprint density at radius 1 is 1.58 bits per heavy atom. The maximum atomic E-state index is 11.0. The number of hydrogen-bond donors (Lipinski definition) is 2. The SMILES string of the molecule is CCC(Nc1ncc(C(=O)O)cc1[N+](=O)[O-])C(C)C. The highest BCUT2D eigenvalue weighted by atomic mass is 16.6. The quantitative estimate of drug-likeness (QED) is 0.606. The lowest BCUT2D eigenvalue weighted by molar-refractivity contribution is -0.384. The first kappa shape index (κ1) is 14.9. The average molecular weight is 267 g/mol. The number of aromatic nitrogens is 1. The molecule has 0 aliphatic carbocycles. The topological polar surface area (TPSA) is 105 Å². The molecule has 1 atom stereocenters. The van der Waals surface area contributed by atoms with E-state index in [1.807, 2.05) is 20.8 Å². The van der Waals surface area contributed by atoms with E-state index in [2.05, 4.69) is 10.3 Å². The van der Waals surface area contributed by atoms with Crippen LogP contribution in [0.15, 0.2) is 12.3 Å². The van der Waals surface area contributed by atoms with Crippen molar-refractivity contribution in [3.63, 3.8) is 0 Å². The highest BCUT2D eigenvalue weighted by Crippen LogP contribution is 2.25. The van der Waals surface area contributed by atoms with Crippen molar-refractivity contribution in [1.29, 1.82) is 0 Å². The van der Waals surface area contributed by atoms with Crippen LogP contribution in [0.5, 0.6) is 0 Å². The van der Waals surface area contributed by atoms with E-state index in [0.717, 1.165) is 18.7 Å². The monoisotopic (exact) mass is 267 g/mol. The molecule has 2 N–H and O–H groups in total. The molecule has 0 amide bonds. The summed E-state index contributed by atoms with van der Waals surface area (Å²) in [4.78, 5) is 25.0. The number of pyridine rings is 1. The molecule has 0 radical (unpaired) electrons. The fourth-order valence-electron chi connectivity index (χ4n) is 1.74. The number of nitrogens with one attached hydrogen (secondary N) is 1. The van der Waals surface area contributed by atoms with Crippen molar-refractivity contribution in [2.45, 2.75) is 33.2 Å². The summed E-state index contributed by atoms with van der Waals surface area (Å²) in [7, 11) is 0. The largest absolute Gasteiger partial charge is 0.478 e. The van der Waals surface area contributed by atoms with Crippen LogP contribution in [-0.4, -0.2) is 27.0 Å². The number of nitrogens with zero attached hydrogens (tertiary/aromatic N) is 2. The first-order valence-corrected chi connectivity index (χ1v) is 6.01. The summed E-state index contributed by atoms with van der Waals surface area (Å²) in [6, 6.07) is 1.06. The maximum Gasteiger partial charge on any atom is 0.337 e. The minimum absolute atomic E-state index is 0.0434. The van der Waals surface area contributed by atoms with Crippen molar-refractivity contribution < 1.29 is 14.8 Å². The predicted molar refractivity (Wildman–Crippen MR) is 70.4 cm³/mol. The lowest BCUT2D eigenvalue weighted by Gasteiger charge is -2.21. The van der Waals surface area contributed by atoms with E-state index in [-0.39, 0.29) is 29.0 Å². The van der Waals surface area contributed by atoms with Gasteiger partial charge in [-0.15, -0.1) is 0 Å². The molecule has 104 valence electrons. The molecule has 0 aliphatic rings. The van der Waals surface area contributed by atoms with Gasteiger partial charge >= 0.3 is 11.7 Å². The molecule has 7 heteroatoms. The third kappa shape index (κ3) is 3.64. The van der Waals surface area contributed by atoms with Crippen LogP contribution in [0.4, 0.5) is 11.5 Å². The molecule has 1 heterocycles. The van der Waals surface area contributed by atoms with Crippen molar-refractivity contribution in [2.24, 2.45) is 5.92 Å². The van der Waals surface area contributed by atoms with Gasteiger partial charge in [-0.2, -0.15) is 0 Å². The molecule has 0 saturated heterocycles. The fraction of sp³-hybridized carbons (Fsp3) is 0.500. The van der Waals surface area contributed by atoms with E-state index < -0.39 is 10.9 Å². The second kappa shape index (κ2) is 6.12. The number of anilines is 1. The van der Waals surface area contributed by atoms with E-state index in [1.165, 1.54) is 0 Å². The fourth-order valence-corrected chi connectivity index (χ4v) is 1.74. The normalized spacial score (nSPS) is 12.2. The number of nitro groups is 1. The lowest BCUT2D eigenvalue weighted by Crippen LogP contribution is -2.25. The van der Waals surface area contributed by atoms with Crippen molar-refractivity contribution in [3.05, 3.63) is 27.9 Å². The van der Waals surface area contributed by atoms with Gasteiger partial charge in [-0.25, -0.2) is 9.78 Å². The van der Waals surface area contributed by atoms with Crippen LogP contribution >= 0.6 is 0 Å². The molecule has 0 aliphatic heterocycles. The van der Waals surface area contributed by atoms with Gasteiger partial charge in [0, 0.05) is 18.3 Å². The van der Waals surface area contributed by atoms with Gasteiger partial charge in [0.1, 0.15) is 0 Å². The Morgan fingerprint density at radius 3 is 2.63 bits per heavy atom. The van der Waals surface area contributed by atoms with Crippen LogP contribution in [0, 0.1) is 16.0 Å². The number of carboxylic acids is 1. The van der Waals surface area contributed by atoms with Gasteiger partial charge in [0.05, 0.1) is 10.5 Å². The Balaban J connectivity index is 3.13. The molecule has 0 spiro atoms. The molecular formula is C12H17N3O4. The zero-order chi connectivity index (χ0) is 14.6. The van der Waals surface area contributed by atoms with E-state index in [9.17, 15) is 14.9 Å². The number of hydrogen-bond acceptors (Lipinski definition) is 5. The molecular weight excluding hydrogens is 250 g/mol. The van der Waals surface area contributed by atoms with Gasteiger partial charge in [-0.05, 0) is 12.3 Å². The van der Waals surface area contributed by atoms with Crippen molar-refractivity contribution >= 4 is 17.5 Å². The van der Waals surface area contributed by atoms with E-state index >= 15 is 0 Å². The van der Waals surface area contributed by atoms with Crippen LogP contribution in [0.25, 0.3) is 0 Å². The highest BCUT2D eigenvalue weighted by molar-refractivity contribution is 5.88. The lowest BCUT2D eigenvalue weighted by atomic mass is 10.0. The predicted octanol–water partition coefficient (Wildman–Crippen LogP) is 2.53. The van der Waals surface area contributed by atoms with Crippen LogP contribution in [0.2, 0.25) is 0 Å². The summed E-state index contributed by atoms with van der Waals surface area (Å²) in [6.45, 7) is 5.96. The molecule has 0 saturated carbocycles. The third-order valence-electron chi connectivity index (χ3n) is 2.88. The Hall–Kier alpha value is -2.18. The summed E-state index contributed by atoms with van der Waals surface area (Å²) >= 11 is 0. The summed E-state index contributed by atoms with van der Waals surface area (Å²) < 4.78 is 0. The Kier molecular flexibility index (Phi) is 4.80. The molecule has 1 rings (SSSR count). The van der Waals surface area contributed by atoms with E-state index in [1.54, 1.807) is 0 Å². The van der Waals surface area contributed by atoms with Crippen LogP contribution in [-0.2, 0) is 0 Å². The Labute approximate surface area is 110 Å². The molecule has 19 heavy (non-hydrogen) atoms. The second-order valence-electron chi connectivity index (χ2n) is 4.56. The van der Waals surface area contributed by atoms with Crippen molar-refractivity contribution in [2.75, 3.05) is 5.32 Å². The molecule has 0 bridgehead atoms. The first-order chi connectivity index (χ1) is 8.86. The van der Waals surface area contributed by atoms with Gasteiger partial charge in [-0.3, -0.25) is 10.1 Å². The smallest absolute Gasteiger partial charge is 0.337 e. The van der Waals surface area contributed by atoms with E-state index in [0.29, 0.717) is 0 Å². The standard InChI is InChI=1S/C12H17N3O4/c1-4-9(7(2)3)14-11-10(15(18)19)5-8(6-13-11)12(16)17/h5-7,9H,4H2,1-3H3,(H,13,14)(H,16,17). The maximum absolute atomic E-state index is 11.0. The zero-order valence-corrected chi connectivity index (χ0v) is 11.1. The molecule has 1 unspecified atom stereocenters. The average Bonchev–Trinajstić information content (AvgIpc) is 2.35. The van der Waals surface area contributed by atoms with Crippen molar-refractivity contribution in [3.8, 4) is 0 Å². The minimum Gasteiger partial charge on any atom is -0.478 e. The third-order valence-corrected chi connectivity index (χ3v) is 2.88. The van der Waals surface area contributed by atoms with Crippen LogP contribution in [0.3, 0.4) is 0 Å². The van der Waals surface area contributed by atoms with Gasteiger partial charge in [-0.1, -0.05) is 20.8 Å². The van der Waals surface area contributed by atoms with Gasteiger partial charge in [0.15, 0.2) is 0 Å². The minimum atomic E-state index is -1.24. The molecule has 1 aromatic heterocycles. The Bertz CT molecular complexity index is 488. The van der Waals surface area contributed by atoms with Crippen LogP contribution in [0.1, 0.15) is 37.6 Å². The molecule has 7 nitrogen and oxygen atoms in total. The van der Waals surface area contributed by atoms with Crippen LogP contribution < -0.4 is 5.32 Å². The Morgan fingerprint density at radius 2 is 2.21 bits per heavy atom.